The largest absolute Gasteiger partial charge is 0 e. The van der Waals surface area contributed by atoms with Gasteiger partial charge in [-0.15, -0.1) is 0 Å². The molecule has 0 bridgehead atoms. The summed E-state index contributed by atoms with van der Waals surface area (Å²) in [4.78, 5) is 0. The molecule has 0 aliphatic carbocycles. The van der Waals surface area contributed by atoms with Crippen molar-refractivity contribution in [3.8, 4) is 0 Å². The van der Waals surface area contributed by atoms with E-state index in [-0.39, 0.29) is 32.7 Å². The van der Waals surface area contributed by atoms with E-state index < -0.39 is 0 Å². The topological polar surface area (TPSA) is 38.0 Å². The molecule has 0 rings (SSSR count). The number of rotatable bonds is 1. The van der Waals surface area contributed by atoms with E-state index in [1.807, 2.05) is 0 Å². The van der Waals surface area contributed by atoms with Crippen molar-refractivity contribution in [3.05, 3.63) is 0 Å². The maximum Gasteiger partial charge on any atom is 0 e. The molecule has 0 saturated heterocycles. The van der Waals surface area contributed by atoms with Gasteiger partial charge in [-0.2, -0.15) is 0 Å². The molecule has 0 heterocycles. The van der Waals surface area contributed by atoms with Gasteiger partial charge in [0.1, 0.15) is 0 Å². The van der Waals surface area contributed by atoms with Crippen molar-refractivity contribution >= 4 is 4.52 Å². The molecule has 4 heteroatoms. The first-order valence-corrected chi connectivity index (χ1v) is 2.21. The van der Waals surface area contributed by atoms with Crippen LogP contribution in [0.1, 0.15) is 0 Å². The third-order valence-electron chi connectivity index (χ3n) is 0.0589. The number of hydrogen-bond acceptors (Lipinski definition) is 2. The molecule has 0 spiro atoms. The summed E-state index contributed by atoms with van der Waals surface area (Å²) in [6, 6.07) is 0. The van der Waals surface area contributed by atoms with Crippen LogP contribution in [0, 0.1) is 0 Å². The molecular weight excluding hydrogens is 313 g/mol. The first kappa shape index (κ1) is 9.77. The molecule has 0 aromatic heterocycles. The van der Waals surface area contributed by atoms with Gasteiger partial charge >= 0.3 is 35.1 Å². The molecule has 0 aromatic rings. The Balaban J connectivity index is 0. The van der Waals surface area contributed by atoms with Crippen LogP contribution in [-0.2, 0) is 52.1 Å². The van der Waals surface area contributed by atoms with E-state index in [9.17, 15) is 0 Å². The molecule has 0 atom stereocenters. The fourth-order valence-corrected chi connectivity index (χ4v) is 0. The van der Waals surface area contributed by atoms with Crippen LogP contribution in [0.15, 0.2) is 0 Å². The van der Waals surface area contributed by atoms with Gasteiger partial charge in [0.25, 0.3) is 0 Å². The fourth-order valence-electron chi connectivity index (χ4n) is 0. The van der Waals surface area contributed by atoms with Crippen LogP contribution < -0.4 is 11.3 Å². The molecular formula is CH3N2WY-. The first-order valence-electron chi connectivity index (χ1n) is 0.743. The number of nitrogens with two attached hydrogens (primary N) is 1. The van der Waals surface area contributed by atoms with Crippen molar-refractivity contribution in [2.24, 2.45) is 5.84 Å². The van der Waals surface area contributed by atoms with Crippen molar-refractivity contribution in [1.82, 2.24) is 5.43 Å². The molecule has 3 N–H and O–H groups in total. The van der Waals surface area contributed by atoms with Gasteiger partial charge in [0.2, 0.25) is 0 Å². The van der Waals surface area contributed by atoms with E-state index in [0.717, 1.165) is 0 Å². The fraction of sp³-hybridized carbons (Fsp3) is 0. The molecule has 1 radical (unpaired) electrons. The van der Waals surface area contributed by atoms with Crippen molar-refractivity contribution < 1.29 is 52.1 Å². The molecule has 0 saturated carbocycles. The third kappa shape index (κ3) is 10.7. The van der Waals surface area contributed by atoms with Gasteiger partial charge in [-0.05, 0) is 0 Å². The molecule has 27 valence electrons. The number of hydrazine groups is 1. The summed E-state index contributed by atoms with van der Waals surface area (Å²) in [5, 5.41) is 0. The zero-order valence-corrected chi connectivity index (χ0v) is 8.33. The Hall–Kier alpha value is 1.58. The molecule has 0 fully saturated rings. The normalized spacial score (nSPS) is 5.00. The zero-order chi connectivity index (χ0) is 3.41. The second-order valence-electron chi connectivity index (χ2n) is 0.246. The van der Waals surface area contributed by atoms with E-state index in [1.54, 1.807) is 0 Å². The first-order chi connectivity index (χ1) is 1.91. The van der Waals surface area contributed by atoms with Crippen LogP contribution in [-0.4, -0.2) is 4.52 Å². The van der Waals surface area contributed by atoms with Crippen LogP contribution in [0.4, 0.5) is 0 Å². The molecule has 5 heavy (non-hydrogen) atoms. The molecule has 0 aliphatic heterocycles. The maximum absolute atomic E-state index is 4.69. The van der Waals surface area contributed by atoms with Crippen LogP contribution in [0.5, 0.6) is 0 Å². The summed E-state index contributed by atoms with van der Waals surface area (Å²) in [6.07, 6.45) is 0. The van der Waals surface area contributed by atoms with Crippen LogP contribution in [0.2, 0.25) is 0 Å². The summed E-state index contributed by atoms with van der Waals surface area (Å²) in [7, 11) is 0. The van der Waals surface area contributed by atoms with E-state index in [1.165, 1.54) is 19.4 Å². The SMILES string of the molecule is NN[C-]=[W].[Y]. The van der Waals surface area contributed by atoms with Crippen molar-refractivity contribution in [1.29, 1.82) is 0 Å². The summed E-state index contributed by atoms with van der Waals surface area (Å²) in [5.41, 5.74) is 2.22. The Morgan fingerprint density at radius 1 is 1.80 bits per heavy atom. The average Bonchev–Trinajstić information content (AvgIpc) is 1.37. The van der Waals surface area contributed by atoms with Gasteiger partial charge in [0.05, 0.1) is 0 Å². The van der Waals surface area contributed by atoms with Gasteiger partial charge < -0.3 is 0 Å². The van der Waals surface area contributed by atoms with Gasteiger partial charge in [-0.25, -0.2) is 0 Å². The maximum atomic E-state index is 4.69. The Morgan fingerprint density at radius 2 is 2.00 bits per heavy atom. The van der Waals surface area contributed by atoms with E-state index in [2.05, 4.69) is 15.8 Å². The Labute approximate surface area is 67.1 Å². The van der Waals surface area contributed by atoms with E-state index in [0.29, 0.717) is 0 Å². The van der Waals surface area contributed by atoms with Gasteiger partial charge in [-0.1, -0.05) is 0 Å². The van der Waals surface area contributed by atoms with Crippen molar-refractivity contribution in [3.63, 3.8) is 0 Å². The Kier molecular flexibility index (Phi) is 17.8. The minimum Gasteiger partial charge on any atom is 0 e. The average molecular weight is 316 g/mol. The molecule has 0 aromatic carbocycles. The monoisotopic (exact) mass is 316 g/mol. The summed E-state index contributed by atoms with van der Waals surface area (Å²) in [6.45, 7) is 0. The van der Waals surface area contributed by atoms with Gasteiger partial charge in [-0.3, -0.25) is 0 Å². The Morgan fingerprint density at radius 3 is 2.00 bits per heavy atom. The number of hydrogen-bond donors (Lipinski definition) is 2. The van der Waals surface area contributed by atoms with E-state index >= 15 is 0 Å². The van der Waals surface area contributed by atoms with Crippen molar-refractivity contribution in [2.45, 2.75) is 0 Å². The summed E-state index contributed by atoms with van der Waals surface area (Å²) < 4.78 is 2.54. The van der Waals surface area contributed by atoms with Gasteiger partial charge in [0, 0.05) is 32.7 Å². The minimum atomic E-state index is 0. The van der Waals surface area contributed by atoms with Crippen LogP contribution in [0.25, 0.3) is 0 Å². The predicted octanol–water partition coefficient (Wildman–Crippen LogP) is -1.37. The van der Waals surface area contributed by atoms with Gasteiger partial charge in [0.15, 0.2) is 0 Å². The second-order valence-corrected chi connectivity index (χ2v) is 0.980. The molecule has 0 unspecified atom stereocenters. The molecule has 2 nitrogen and oxygen atoms in total. The standard InChI is InChI=1S/CH3N2.W.Y/c1-3-2;;/h3H,2H2;;/q-1;;. The smallest absolute Gasteiger partial charge is 0 e. The van der Waals surface area contributed by atoms with Crippen LogP contribution >= 0.6 is 0 Å². The number of nitrogens with one attached hydrogen (secondary N) is 1. The molecule has 0 amide bonds. The minimum absolute atomic E-state index is 0. The summed E-state index contributed by atoms with van der Waals surface area (Å²) >= 11 is 1.22. The Bertz CT molecular complexity index is 23.6. The van der Waals surface area contributed by atoms with E-state index in [4.69, 9.17) is 0 Å². The third-order valence-corrected chi connectivity index (χ3v) is 0.482. The molecule has 0 aliphatic rings. The zero-order valence-electron chi connectivity index (χ0n) is 2.56. The predicted molar refractivity (Wildman–Crippen MR) is 12.3 cm³/mol. The van der Waals surface area contributed by atoms with Crippen LogP contribution in [0.3, 0.4) is 0 Å². The second kappa shape index (κ2) is 9.13. The quantitative estimate of drug-likeness (QED) is 0.271. The van der Waals surface area contributed by atoms with Crippen molar-refractivity contribution in [2.75, 3.05) is 0 Å². The summed E-state index contributed by atoms with van der Waals surface area (Å²) in [5.74, 6) is 4.69.